The lowest BCUT2D eigenvalue weighted by Crippen LogP contribution is -2.39. The highest BCUT2D eigenvalue weighted by molar-refractivity contribution is 5.94. The summed E-state index contributed by atoms with van der Waals surface area (Å²) in [6.45, 7) is 4.42. The van der Waals surface area contributed by atoms with Crippen LogP contribution in [0.4, 0.5) is 14.5 Å². The molecule has 122 valence electrons. The molecule has 0 aliphatic rings. The SMILES string of the molecule is CC(C)C(CNC(=O)c1cc(F)cc(F)c1)Nc1ccccc1. The van der Waals surface area contributed by atoms with Gasteiger partial charge < -0.3 is 10.6 Å². The maximum absolute atomic E-state index is 13.2. The van der Waals surface area contributed by atoms with Crippen molar-refractivity contribution in [2.45, 2.75) is 19.9 Å². The molecule has 0 aromatic heterocycles. The van der Waals surface area contributed by atoms with Gasteiger partial charge >= 0.3 is 0 Å². The summed E-state index contributed by atoms with van der Waals surface area (Å²) < 4.78 is 26.3. The van der Waals surface area contributed by atoms with Crippen molar-refractivity contribution in [2.75, 3.05) is 11.9 Å². The summed E-state index contributed by atoms with van der Waals surface area (Å²) in [7, 11) is 0. The van der Waals surface area contributed by atoms with E-state index in [0.29, 0.717) is 6.54 Å². The van der Waals surface area contributed by atoms with Gasteiger partial charge in [0, 0.05) is 29.9 Å². The first kappa shape index (κ1) is 16.9. The smallest absolute Gasteiger partial charge is 0.251 e. The van der Waals surface area contributed by atoms with Gasteiger partial charge in [0.2, 0.25) is 0 Å². The summed E-state index contributed by atoms with van der Waals surface area (Å²) in [6.07, 6.45) is 0. The molecule has 2 aromatic rings. The van der Waals surface area contributed by atoms with Crippen molar-refractivity contribution in [3.05, 3.63) is 65.7 Å². The summed E-state index contributed by atoms with van der Waals surface area (Å²) in [4.78, 5) is 12.1. The third-order valence-corrected chi connectivity index (χ3v) is 3.54. The first-order valence-electron chi connectivity index (χ1n) is 7.51. The molecule has 0 heterocycles. The topological polar surface area (TPSA) is 41.1 Å². The van der Waals surface area contributed by atoms with Crippen molar-refractivity contribution in [1.29, 1.82) is 0 Å². The first-order chi connectivity index (χ1) is 11.0. The van der Waals surface area contributed by atoms with Gasteiger partial charge in [-0.15, -0.1) is 0 Å². The fourth-order valence-corrected chi connectivity index (χ4v) is 2.19. The minimum atomic E-state index is -0.766. The number of anilines is 1. The third-order valence-electron chi connectivity index (χ3n) is 3.54. The Kier molecular flexibility index (Phi) is 5.68. The predicted molar refractivity (Wildman–Crippen MR) is 87.4 cm³/mol. The van der Waals surface area contributed by atoms with E-state index in [4.69, 9.17) is 0 Å². The third kappa shape index (κ3) is 5.06. The molecule has 0 aliphatic heterocycles. The van der Waals surface area contributed by atoms with Crippen molar-refractivity contribution < 1.29 is 13.6 Å². The van der Waals surface area contributed by atoms with E-state index in [1.807, 2.05) is 44.2 Å². The van der Waals surface area contributed by atoms with Crippen LogP contribution in [0.25, 0.3) is 0 Å². The summed E-state index contributed by atoms with van der Waals surface area (Å²) in [6, 6.07) is 12.4. The number of carbonyl (C=O) groups is 1. The van der Waals surface area contributed by atoms with Gasteiger partial charge in [-0.1, -0.05) is 32.0 Å². The molecule has 0 fully saturated rings. The van der Waals surface area contributed by atoms with Crippen molar-refractivity contribution >= 4 is 11.6 Å². The van der Waals surface area contributed by atoms with Crippen LogP contribution in [-0.2, 0) is 0 Å². The summed E-state index contributed by atoms with van der Waals surface area (Å²) in [5.41, 5.74) is 0.932. The number of rotatable bonds is 6. The van der Waals surface area contributed by atoms with Crippen molar-refractivity contribution in [3.63, 3.8) is 0 Å². The van der Waals surface area contributed by atoms with Crippen LogP contribution in [0.1, 0.15) is 24.2 Å². The fourth-order valence-electron chi connectivity index (χ4n) is 2.19. The van der Waals surface area contributed by atoms with Gasteiger partial charge in [-0.25, -0.2) is 8.78 Å². The standard InChI is InChI=1S/C18H20F2N2O/c1-12(2)17(22-16-6-4-3-5-7-16)11-21-18(23)13-8-14(19)10-15(20)9-13/h3-10,12,17,22H,11H2,1-2H3,(H,21,23). The van der Waals surface area contributed by atoms with Gasteiger partial charge in [0.15, 0.2) is 0 Å². The molecular weight excluding hydrogens is 298 g/mol. The van der Waals surface area contributed by atoms with Gasteiger partial charge in [-0.3, -0.25) is 4.79 Å². The molecule has 1 atom stereocenters. The quantitative estimate of drug-likeness (QED) is 0.850. The van der Waals surface area contributed by atoms with E-state index in [-0.39, 0.29) is 17.5 Å². The van der Waals surface area contributed by atoms with E-state index < -0.39 is 17.5 Å². The minimum absolute atomic E-state index is 0.000226. The average Bonchev–Trinajstić information content (AvgIpc) is 2.50. The molecule has 0 saturated carbocycles. The zero-order chi connectivity index (χ0) is 16.8. The fraction of sp³-hybridized carbons (Fsp3) is 0.278. The second-order valence-electron chi connectivity index (χ2n) is 5.73. The number of para-hydroxylation sites is 1. The second kappa shape index (κ2) is 7.72. The Morgan fingerprint density at radius 2 is 1.65 bits per heavy atom. The van der Waals surface area contributed by atoms with E-state index in [0.717, 1.165) is 23.9 Å². The lowest BCUT2D eigenvalue weighted by atomic mass is 10.0. The molecule has 23 heavy (non-hydrogen) atoms. The molecule has 2 aromatic carbocycles. The molecule has 1 amide bonds. The number of hydrogen-bond acceptors (Lipinski definition) is 2. The summed E-state index contributed by atoms with van der Waals surface area (Å²) in [5, 5.41) is 6.07. The molecule has 0 saturated heterocycles. The number of nitrogens with one attached hydrogen (secondary N) is 2. The highest BCUT2D eigenvalue weighted by Crippen LogP contribution is 2.12. The van der Waals surface area contributed by atoms with Gasteiger partial charge in [0.05, 0.1) is 0 Å². The van der Waals surface area contributed by atoms with E-state index in [9.17, 15) is 13.6 Å². The largest absolute Gasteiger partial charge is 0.380 e. The zero-order valence-corrected chi connectivity index (χ0v) is 13.1. The van der Waals surface area contributed by atoms with Crippen LogP contribution in [0.15, 0.2) is 48.5 Å². The number of hydrogen-bond donors (Lipinski definition) is 2. The van der Waals surface area contributed by atoms with Crippen LogP contribution in [0.3, 0.4) is 0 Å². The second-order valence-corrected chi connectivity index (χ2v) is 5.73. The maximum Gasteiger partial charge on any atom is 0.251 e. The Balaban J connectivity index is 1.99. The molecule has 3 nitrogen and oxygen atoms in total. The van der Waals surface area contributed by atoms with Crippen LogP contribution in [0.5, 0.6) is 0 Å². The Labute approximate surface area is 134 Å². The lowest BCUT2D eigenvalue weighted by Gasteiger charge is -2.24. The van der Waals surface area contributed by atoms with Gasteiger partial charge in [0.1, 0.15) is 11.6 Å². The first-order valence-corrected chi connectivity index (χ1v) is 7.51. The zero-order valence-electron chi connectivity index (χ0n) is 13.1. The van der Waals surface area contributed by atoms with Gasteiger partial charge in [0.25, 0.3) is 5.91 Å². The van der Waals surface area contributed by atoms with E-state index in [2.05, 4.69) is 10.6 Å². The molecule has 2 rings (SSSR count). The molecule has 0 bridgehead atoms. The molecule has 1 unspecified atom stereocenters. The van der Waals surface area contributed by atoms with Crippen molar-refractivity contribution in [1.82, 2.24) is 5.32 Å². The van der Waals surface area contributed by atoms with Crippen LogP contribution in [0, 0.1) is 17.6 Å². The number of benzene rings is 2. The minimum Gasteiger partial charge on any atom is -0.380 e. The highest BCUT2D eigenvalue weighted by Gasteiger charge is 2.16. The van der Waals surface area contributed by atoms with E-state index in [1.54, 1.807) is 0 Å². The van der Waals surface area contributed by atoms with Gasteiger partial charge in [-0.05, 0) is 30.2 Å². The summed E-state index contributed by atoms with van der Waals surface area (Å²) >= 11 is 0. The molecule has 2 N–H and O–H groups in total. The molecular formula is C18H20F2N2O. The monoisotopic (exact) mass is 318 g/mol. The molecule has 0 aliphatic carbocycles. The van der Waals surface area contributed by atoms with Crippen LogP contribution in [-0.4, -0.2) is 18.5 Å². The number of amides is 1. The summed E-state index contributed by atoms with van der Waals surface area (Å²) in [5.74, 6) is -1.76. The Morgan fingerprint density at radius 3 is 2.22 bits per heavy atom. The normalized spacial score (nSPS) is 12.0. The Bertz CT molecular complexity index is 639. The van der Waals surface area contributed by atoms with Crippen LogP contribution < -0.4 is 10.6 Å². The van der Waals surface area contributed by atoms with E-state index in [1.165, 1.54) is 0 Å². The van der Waals surface area contributed by atoms with Gasteiger partial charge in [-0.2, -0.15) is 0 Å². The van der Waals surface area contributed by atoms with E-state index >= 15 is 0 Å². The lowest BCUT2D eigenvalue weighted by molar-refractivity contribution is 0.0949. The molecule has 5 heteroatoms. The van der Waals surface area contributed by atoms with Crippen molar-refractivity contribution in [3.8, 4) is 0 Å². The maximum atomic E-state index is 13.2. The molecule has 0 radical (unpaired) electrons. The Hall–Kier alpha value is -2.43. The highest BCUT2D eigenvalue weighted by atomic mass is 19.1. The van der Waals surface area contributed by atoms with Crippen molar-refractivity contribution in [2.24, 2.45) is 5.92 Å². The average molecular weight is 318 g/mol. The molecule has 0 spiro atoms. The Morgan fingerprint density at radius 1 is 1.04 bits per heavy atom. The predicted octanol–water partition coefficient (Wildman–Crippen LogP) is 3.83. The van der Waals surface area contributed by atoms with Crippen LogP contribution >= 0.6 is 0 Å². The number of carbonyl (C=O) groups excluding carboxylic acids is 1. The number of halogens is 2. The van der Waals surface area contributed by atoms with Crippen LogP contribution in [0.2, 0.25) is 0 Å².